The summed E-state index contributed by atoms with van der Waals surface area (Å²) >= 11 is 0. The van der Waals surface area contributed by atoms with E-state index in [-0.39, 0.29) is 5.91 Å². The van der Waals surface area contributed by atoms with Crippen LogP contribution >= 0.6 is 0 Å². The van der Waals surface area contributed by atoms with Crippen molar-refractivity contribution in [3.8, 4) is 6.07 Å². The van der Waals surface area contributed by atoms with E-state index in [1.54, 1.807) is 6.92 Å². The molecule has 3 nitrogen and oxygen atoms in total. The van der Waals surface area contributed by atoms with E-state index in [0.29, 0.717) is 12.5 Å². The lowest BCUT2D eigenvalue weighted by atomic mass is 10.1. The average Bonchev–Trinajstić information content (AvgIpc) is 2.11. The summed E-state index contributed by atoms with van der Waals surface area (Å²) in [6.45, 7) is 6.41. The maximum atomic E-state index is 11.1. The number of nitrogens with one attached hydrogen (secondary N) is 1. The van der Waals surface area contributed by atoms with E-state index in [2.05, 4.69) is 19.2 Å². The third-order valence-corrected chi connectivity index (χ3v) is 1.91. The van der Waals surface area contributed by atoms with Gasteiger partial charge in [0.2, 0.25) is 5.91 Å². The minimum Gasteiger partial charge on any atom is -0.355 e. The van der Waals surface area contributed by atoms with Gasteiger partial charge in [-0.25, -0.2) is 0 Å². The van der Waals surface area contributed by atoms with Crippen LogP contribution in [-0.2, 0) is 4.79 Å². The van der Waals surface area contributed by atoms with Crippen molar-refractivity contribution in [2.75, 3.05) is 6.54 Å². The highest BCUT2D eigenvalue weighted by atomic mass is 16.1. The maximum Gasteiger partial charge on any atom is 0.237 e. The molecule has 3 heteroatoms. The first-order valence-electron chi connectivity index (χ1n) is 4.29. The fourth-order valence-corrected chi connectivity index (χ4v) is 0.631. The lowest BCUT2D eigenvalue weighted by Gasteiger charge is -2.10. The van der Waals surface area contributed by atoms with Crippen molar-refractivity contribution in [1.29, 1.82) is 5.26 Å². The largest absolute Gasteiger partial charge is 0.355 e. The van der Waals surface area contributed by atoms with Gasteiger partial charge in [0.05, 0.1) is 6.07 Å². The molecule has 2 atom stereocenters. The third kappa shape index (κ3) is 3.97. The van der Waals surface area contributed by atoms with Crippen LogP contribution in [-0.4, -0.2) is 12.5 Å². The Hall–Kier alpha value is -1.04. The number of hydrogen-bond acceptors (Lipinski definition) is 2. The molecule has 0 fully saturated rings. The molecule has 1 amide bonds. The number of carbonyl (C=O) groups excluding carboxylic acids is 1. The van der Waals surface area contributed by atoms with E-state index < -0.39 is 5.92 Å². The Bertz CT molecular complexity index is 183. The zero-order chi connectivity index (χ0) is 9.56. The van der Waals surface area contributed by atoms with Crippen molar-refractivity contribution in [1.82, 2.24) is 5.32 Å². The monoisotopic (exact) mass is 168 g/mol. The SMILES string of the molecule is CCC(C)CNC(=O)C(C)C#N. The third-order valence-electron chi connectivity index (χ3n) is 1.91. The Labute approximate surface area is 73.8 Å². The van der Waals surface area contributed by atoms with E-state index in [4.69, 9.17) is 5.26 Å². The molecule has 0 aliphatic carbocycles. The first-order chi connectivity index (χ1) is 5.61. The van der Waals surface area contributed by atoms with Gasteiger partial charge in [-0.05, 0) is 12.8 Å². The van der Waals surface area contributed by atoms with Gasteiger partial charge in [-0.1, -0.05) is 20.3 Å². The van der Waals surface area contributed by atoms with Gasteiger partial charge in [0, 0.05) is 6.54 Å². The Morgan fingerprint density at radius 2 is 2.17 bits per heavy atom. The number of rotatable bonds is 4. The number of hydrogen-bond donors (Lipinski definition) is 1. The minimum atomic E-state index is -0.533. The van der Waals surface area contributed by atoms with Gasteiger partial charge in [-0.15, -0.1) is 0 Å². The molecular weight excluding hydrogens is 152 g/mol. The van der Waals surface area contributed by atoms with Crippen molar-refractivity contribution in [2.45, 2.75) is 27.2 Å². The molecule has 0 aliphatic rings. The summed E-state index contributed by atoms with van der Waals surface area (Å²) in [5, 5.41) is 11.1. The highest BCUT2D eigenvalue weighted by molar-refractivity contribution is 5.80. The zero-order valence-corrected chi connectivity index (χ0v) is 7.92. The van der Waals surface area contributed by atoms with Crippen LogP contribution in [0.1, 0.15) is 27.2 Å². The molecule has 0 saturated heterocycles. The average molecular weight is 168 g/mol. The molecule has 2 unspecified atom stereocenters. The Morgan fingerprint density at radius 1 is 1.58 bits per heavy atom. The molecule has 0 aromatic heterocycles. The van der Waals surface area contributed by atoms with Crippen molar-refractivity contribution < 1.29 is 4.79 Å². The van der Waals surface area contributed by atoms with Crippen LogP contribution in [0.25, 0.3) is 0 Å². The summed E-state index contributed by atoms with van der Waals surface area (Å²) < 4.78 is 0. The van der Waals surface area contributed by atoms with Crippen LogP contribution in [0.3, 0.4) is 0 Å². The van der Waals surface area contributed by atoms with Gasteiger partial charge >= 0.3 is 0 Å². The number of carbonyl (C=O) groups is 1. The van der Waals surface area contributed by atoms with E-state index in [9.17, 15) is 4.79 Å². The number of amides is 1. The first-order valence-corrected chi connectivity index (χ1v) is 4.29. The minimum absolute atomic E-state index is 0.169. The molecule has 0 aliphatic heterocycles. The Kier molecular flexibility index (Phi) is 5.11. The normalized spacial score (nSPS) is 14.5. The highest BCUT2D eigenvalue weighted by Gasteiger charge is 2.11. The lowest BCUT2D eigenvalue weighted by Crippen LogP contribution is -2.31. The van der Waals surface area contributed by atoms with Gasteiger partial charge in [0.25, 0.3) is 0 Å². The quantitative estimate of drug-likeness (QED) is 0.688. The second-order valence-electron chi connectivity index (χ2n) is 3.11. The molecule has 12 heavy (non-hydrogen) atoms. The zero-order valence-electron chi connectivity index (χ0n) is 7.92. The molecule has 0 rings (SSSR count). The predicted molar refractivity (Wildman–Crippen MR) is 47.2 cm³/mol. The molecule has 1 N–H and O–H groups in total. The summed E-state index contributed by atoms with van der Waals surface area (Å²) in [5.41, 5.74) is 0. The molecular formula is C9H16N2O. The summed E-state index contributed by atoms with van der Waals surface area (Å²) in [6.07, 6.45) is 1.04. The molecule has 68 valence electrons. The fourth-order valence-electron chi connectivity index (χ4n) is 0.631. The number of nitrogens with zero attached hydrogens (tertiary/aromatic N) is 1. The van der Waals surface area contributed by atoms with Crippen LogP contribution in [0.5, 0.6) is 0 Å². The van der Waals surface area contributed by atoms with E-state index in [1.165, 1.54) is 0 Å². The Morgan fingerprint density at radius 3 is 2.58 bits per heavy atom. The smallest absolute Gasteiger partial charge is 0.237 e. The van der Waals surface area contributed by atoms with Crippen LogP contribution in [0, 0.1) is 23.2 Å². The first kappa shape index (κ1) is 11.0. The molecule has 0 aromatic carbocycles. The van der Waals surface area contributed by atoms with Crippen LogP contribution in [0.2, 0.25) is 0 Å². The molecule has 0 bridgehead atoms. The maximum absolute atomic E-state index is 11.1. The molecule has 0 aromatic rings. The van der Waals surface area contributed by atoms with Gasteiger partial charge in [-0.3, -0.25) is 4.79 Å². The summed E-state index contributed by atoms with van der Waals surface area (Å²) in [7, 11) is 0. The van der Waals surface area contributed by atoms with Crippen LogP contribution in [0.4, 0.5) is 0 Å². The topological polar surface area (TPSA) is 52.9 Å². The summed E-state index contributed by atoms with van der Waals surface area (Å²) in [4.78, 5) is 11.1. The molecule has 0 spiro atoms. The second-order valence-corrected chi connectivity index (χ2v) is 3.11. The number of nitriles is 1. The lowest BCUT2D eigenvalue weighted by molar-refractivity contribution is -0.123. The van der Waals surface area contributed by atoms with Crippen molar-refractivity contribution in [3.05, 3.63) is 0 Å². The van der Waals surface area contributed by atoms with E-state index >= 15 is 0 Å². The van der Waals surface area contributed by atoms with Gasteiger partial charge in [0.15, 0.2) is 0 Å². The second kappa shape index (κ2) is 5.59. The Balaban J connectivity index is 3.66. The summed E-state index contributed by atoms with van der Waals surface area (Å²) in [6, 6.07) is 1.89. The fraction of sp³-hybridized carbons (Fsp3) is 0.778. The van der Waals surface area contributed by atoms with Crippen molar-refractivity contribution >= 4 is 5.91 Å². The standard InChI is InChI=1S/C9H16N2O/c1-4-7(2)6-11-9(12)8(3)5-10/h7-8H,4,6H2,1-3H3,(H,11,12). The highest BCUT2D eigenvalue weighted by Crippen LogP contribution is 1.98. The van der Waals surface area contributed by atoms with Crippen molar-refractivity contribution in [2.24, 2.45) is 11.8 Å². The molecule has 0 saturated carbocycles. The molecule has 0 radical (unpaired) electrons. The van der Waals surface area contributed by atoms with Gasteiger partial charge in [-0.2, -0.15) is 5.26 Å². The summed E-state index contributed by atoms with van der Waals surface area (Å²) in [5.74, 6) is -0.216. The van der Waals surface area contributed by atoms with Crippen LogP contribution < -0.4 is 5.32 Å². The van der Waals surface area contributed by atoms with Crippen LogP contribution in [0.15, 0.2) is 0 Å². The van der Waals surface area contributed by atoms with E-state index in [1.807, 2.05) is 6.07 Å². The van der Waals surface area contributed by atoms with Crippen molar-refractivity contribution in [3.63, 3.8) is 0 Å². The van der Waals surface area contributed by atoms with Gasteiger partial charge < -0.3 is 5.32 Å². The van der Waals surface area contributed by atoms with E-state index in [0.717, 1.165) is 6.42 Å². The van der Waals surface area contributed by atoms with Gasteiger partial charge in [0.1, 0.15) is 5.92 Å². The molecule has 0 heterocycles. The predicted octanol–water partition coefficient (Wildman–Crippen LogP) is 1.31.